The van der Waals surface area contributed by atoms with Crippen molar-refractivity contribution in [3.63, 3.8) is 0 Å². The van der Waals surface area contributed by atoms with Crippen molar-refractivity contribution in [2.75, 3.05) is 36.0 Å². The zero-order valence-corrected chi connectivity index (χ0v) is 19.3. The highest BCUT2D eigenvalue weighted by molar-refractivity contribution is 7.91. The molecule has 0 bridgehead atoms. The van der Waals surface area contributed by atoms with Gasteiger partial charge in [-0.1, -0.05) is 29.8 Å². The molecule has 1 aliphatic rings. The van der Waals surface area contributed by atoms with Gasteiger partial charge >= 0.3 is 0 Å². The first-order valence-electron chi connectivity index (χ1n) is 10.6. The first kappa shape index (κ1) is 21.7. The third-order valence-corrected chi connectivity index (χ3v) is 7.98. The minimum atomic E-state index is -3.77. The second-order valence-corrected chi connectivity index (χ2v) is 10.3. The molecule has 0 amide bonds. The molecule has 1 saturated heterocycles. The van der Waals surface area contributed by atoms with Crippen molar-refractivity contribution < 1.29 is 17.8 Å². The number of anilines is 2. The molecule has 0 atom stereocenters. The number of aromatic nitrogens is 1. The van der Waals surface area contributed by atoms with Crippen molar-refractivity contribution in [1.82, 2.24) is 0 Å². The number of aromatic amines is 1. The normalized spacial score (nSPS) is 14.6. The maximum Gasteiger partial charge on any atom is 0.214 e. The Balaban J connectivity index is 1.57. The third kappa shape index (κ3) is 4.14. The molecule has 0 aliphatic carbocycles. The lowest BCUT2D eigenvalue weighted by Gasteiger charge is -2.38. The second-order valence-electron chi connectivity index (χ2n) is 7.96. The summed E-state index contributed by atoms with van der Waals surface area (Å²) in [5.41, 5.74) is 2.40. The van der Waals surface area contributed by atoms with Crippen LogP contribution in [0.25, 0.3) is 10.9 Å². The number of nitrogens with zero attached hydrogens (tertiary/aromatic N) is 2. The molecule has 3 aromatic carbocycles. The summed E-state index contributed by atoms with van der Waals surface area (Å²) < 4.78 is 40.6. The van der Waals surface area contributed by atoms with Crippen molar-refractivity contribution >= 4 is 43.7 Å². The molecule has 1 aliphatic heterocycles. The molecule has 1 N–H and O–H groups in total. The van der Waals surface area contributed by atoms with Crippen LogP contribution in [0, 0.1) is 5.82 Å². The number of benzene rings is 3. The minimum Gasteiger partial charge on any atom is -0.368 e. The molecule has 1 aromatic heterocycles. The fourth-order valence-corrected chi connectivity index (χ4v) is 5.93. The molecule has 2 heterocycles. The van der Waals surface area contributed by atoms with Crippen LogP contribution in [0.4, 0.5) is 15.8 Å². The standard InChI is InChI=1S/C25H21ClFN3O2S/c26-18-6-11-23-22(16-18)25(24(17-28-23)33(31,32)21-4-2-1-3-5-21)30-14-12-29(13-15-30)20-9-7-19(27)8-10-20/h1-11,16-17H,12-15H2/p+1. The van der Waals surface area contributed by atoms with E-state index in [0.717, 1.165) is 16.6 Å². The van der Waals surface area contributed by atoms with E-state index in [4.69, 9.17) is 11.6 Å². The molecule has 5 rings (SSSR count). The first-order chi connectivity index (χ1) is 15.9. The van der Waals surface area contributed by atoms with Crippen LogP contribution in [0.15, 0.2) is 88.8 Å². The maximum absolute atomic E-state index is 13.6. The largest absolute Gasteiger partial charge is 0.368 e. The number of piperazine rings is 1. The summed E-state index contributed by atoms with van der Waals surface area (Å²) in [6.45, 7) is 2.58. The van der Waals surface area contributed by atoms with Gasteiger partial charge in [-0.25, -0.2) is 17.8 Å². The minimum absolute atomic E-state index is 0.221. The number of rotatable bonds is 4. The number of hydrogen-bond acceptors (Lipinski definition) is 4. The highest BCUT2D eigenvalue weighted by Gasteiger charge is 2.31. The van der Waals surface area contributed by atoms with Crippen molar-refractivity contribution in [1.29, 1.82) is 0 Å². The number of H-pyrrole nitrogens is 1. The van der Waals surface area contributed by atoms with Gasteiger partial charge in [-0.15, -0.1) is 0 Å². The van der Waals surface area contributed by atoms with Crippen LogP contribution >= 0.6 is 11.6 Å². The molecule has 0 radical (unpaired) electrons. The quantitative estimate of drug-likeness (QED) is 0.426. The Morgan fingerprint density at radius 2 is 1.52 bits per heavy atom. The Morgan fingerprint density at radius 1 is 0.848 bits per heavy atom. The molecule has 4 aromatic rings. The van der Waals surface area contributed by atoms with Gasteiger partial charge in [0.05, 0.1) is 16.0 Å². The van der Waals surface area contributed by atoms with Crippen LogP contribution in [0.5, 0.6) is 0 Å². The molecule has 168 valence electrons. The number of halogens is 2. The summed E-state index contributed by atoms with van der Waals surface area (Å²) in [6, 6.07) is 20.3. The van der Waals surface area contributed by atoms with Crippen LogP contribution in [-0.4, -0.2) is 34.6 Å². The SMILES string of the molecule is O=S(=O)(c1ccccc1)c1c[nH+]c2ccc(Cl)cc2c1N1CCN(c2ccc(F)cc2)CC1. The number of sulfone groups is 1. The molecular weight excluding hydrogens is 461 g/mol. The van der Waals surface area contributed by atoms with Gasteiger partial charge < -0.3 is 9.80 Å². The van der Waals surface area contributed by atoms with Gasteiger partial charge in [-0.05, 0) is 48.5 Å². The van der Waals surface area contributed by atoms with E-state index < -0.39 is 9.84 Å². The summed E-state index contributed by atoms with van der Waals surface area (Å²) in [7, 11) is -3.77. The monoisotopic (exact) mass is 482 g/mol. The van der Waals surface area contributed by atoms with Gasteiger partial charge in [-0.2, -0.15) is 0 Å². The van der Waals surface area contributed by atoms with Crippen LogP contribution in [0.1, 0.15) is 0 Å². The van der Waals surface area contributed by atoms with Crippen molar-refractivity contribution in [3.05, 3.63) is 89.8 Å². The Kier molecular flexibility index (Phi) is 5.68. The average molecular weight is 483 g/mol. The number of pyridine rings is 1. The van der Waals surface area contributed by atoms with Crippen LogP contribution < -0.4 is 14.8 Å². The van der Waals surface area contributed by atoms with Crippen LogP contribution in [0.2, 0.25) is 5.02 Å². The topological polar surface area (TPSA) is 54.8 Å². The van der Waals surface area contributed by atoms with E-state index in [-0.39, 0.29) is 15.6 Å². The van der Waals surface area contributed by atoms with Gasteiger partial charge in [0.25, 0.3) is 0 Å². The Hall–Kier alpha value is -3.16. The van der Waals surface area contributed by atoms with Gasteiger partial charge in [0.1, 0.15) is 5.82 Å². The van der Waals surface area contributed by atoms with Gasteiger partial charge in [0.2, 0.25) is 15.4 Å². The van der Waals surface area contributed by atoms with Crippen molar-refractivity contribution in [3.8, 4) is 0 Å². The van der Waals surface area contributed by atoms with E-state index in [1.807, 2.05) is 6.07 Å². The predicted molar refractivity (Wildman–Crippen MR) is 128 cm³/mol. The van der Waals surface area contributed by atoms with E-state index in [2.05, 4.69) is 14.8 Å². The van der Waals surface area contributed by atoms with E-state index >= 15 is 0 Å². The molecule has 0 saturated carbocycles. The molecule has 0 unspecified atom stereocenters. The molecule has 0 spiro atoms. The van der Waals surface area contributed by atoms with E-state index in [9.17, 15) is 12.8 Å². The van der Waals surface area contributed by atoms with Gasteiger partial charge in [0, 0.05) is 43.0 Å². The highest BCUT2D eigenvalue weighted by Crippen LogP contribution is 2.36. The molecule has 33 heavy (non-hydrogen) atoms. The maximum atomic E-state index is 13.6. The molecular formula is C25H22ClFN3O2S+. The number of hydrogen-bond donors (Lipinski definition) is 0. The summed E-state index contributed by atoms with van der Waals surface area (Å²) >= 11 is 6.31. The molecule has 5 nitrogen and oxygen atoms in total. The molecule has 1 fully saturated rings. The zero-order valence-electron chi connectivity index (χ0n) is 17.7. The summed E-state index contributed by atoms with van der Waals surface area (Å²) in [5.74, 6) is -0.267. The average Bonchev–Trinajstić information content (AvgIpc) is 2.84. The van der Waals surface area contributed by atoms with Crippen molar-refractivity contribution in [2.45, 2.75) is 9.79 Å². The van der Waals surface area contributed by atoms with Gasteiger partial charge in [-0.3, -0.25) is 0 Å². The Bertz CT molecular complexity index is 1410. The summed E-state index contributed by atoms with van der Waals surface area (Å²) in [6.07, 6.45) is 1.57. The number of nitrogens with one attached hydrogen (secondary N) is 1. The van der Waals surface area contributed by atoms with Crippen LogP contribution in [-0.2, 0) is 9.84 Å². The van der Waals surface area contributed by atoms with Gasteiger partial charge in [0.15, 0.2) is 11.1 Å². The summed E-state index contributed by atoms with van der Waals surface area (Å²) in [5, 5.41) is 1.30. The Morgan fingerprint density at radius 3 is 2.21 bits per heavy atom. The highest BCUT2D eigenvalue weighted by atomic mass is 35.5. The predicted octanol–water partition coefficient (Wildman–Crippen LogP) is 4.61. The van der Waals surface area contributed by atoms with Crippen molar-refractivity contribution in [2.24, 2.45) is 0 Å². The lowest BCUT2D eigenvalue weighted by molar-refractivity contribution is -0.347. The Labute approximate surface area is 197 Å². The van der Waals surface area contributed by atoms with Crippen LogP contribution in [0.3, 0.4) is 0 Å². The summed E-state index contributed by atoms with van der Waals surface area (Å²) in [4.78, 5) is 7.87. The lowest BCUT2D eigenvalue weighted by Crippen LogP contribution is -2.47. The third-order valence-electron chi connectivity index (χ3n) is 5.96. The second kappa shape index (κ2) is 8.65. The first-order valence-corrected chi connectivity index (χ1v) is 12.5. The smallest absolute Gasteiger partial charge is 0.214 e. The molecule has 8 heteroatoms. The lowest BCUT2D eigenvalue weighted by atomic mass is 10.1. The van der Waals surface area contributed by atoms with E-state index in [1.54, 1.807) is 60.8 Å². The van der Waals surface area contributed by atoms with E-state index in [1.165, 1.54) is 12.1 Å². The number of fused-ring (bicyclic) bond motifs is 1. The zero-order chi connectivity index (χ0) is 23.0. The van der Waals surface area contributed by atoms with E-state index in [0.29, 0.717) is 36.9 Å². The fraction of sp³-hybridized carbons (Fsp3) is 0.160. The fourth-order valence-electron chi connectivity index (χ4n) is 4.28.